The summed E-state index contributed by atoms with van der Waals surface area (Å²) in [7, 11) is 0. The molecule has 6 heteroatoms. The molecule has 70 valence electrons. The van der Waals surface area contributed by atoms with Crippen molar-refractivity contribution < 1.29 is 28.6 Å². The zero-order valence-electron chi connectivity index (χ0n) is 6.45. The van der Waals surface area contributed by atoms with Crippen LogP contribution < -0.4 is 0 Å². The lowest BCUT2D eigenvalue weighted by Gasteiger charge is -1.84. The molecule has 0 aromatic heterocycles. The molecule has 0 fully saturated rings. The highest BCUT2D eigenvalue weighted by Gasteiger charge is 1.88. The summed E-state index contributed by atoms with van der Waals surface area (Å²) in [4.78, 5) is 18.9. The molecule has 0 aromatic carbocycles. The van der Waals surface area contributed by atoms with Gasteiger partial charge in [-0.25, -0.2) is 9.18 Å². The molecular formula is C6H9FO5. The van der Waals surface area contributed by atoms with Crippen molar-refractivity contribution in [2.45, 2.75) is 6.92 Å². The standard InChI is InChI=1S/C4H6O2.C2H3FO3/c1-3-6-4(2)5;3-1-6-2(4)5/h3H,1H2,2H3;1H2,(H,4,5). The average molecular weight is 180 g/mol. The van der Waals surface area contributed by atoms with Crippen molar-refractivity contribution in [2.75, 3.05) is 6.86 Å². The van der Waals surface area contributed by atoms with E-state index in [4.69, 9.17) is 9.90 Å². The van der Waals surface area contributed by atoms with Crippen molar-refractivity contribution in [3.63, 3.8) is 0 Å². The monoisotopic (exact) mass is 180 g/mol. The van der Waals surface area contributed by atoms with Crippen LogP contribution in [0, 0.1) is 0 Å². The van der Waals surface area contributed by atoms with Crippen LogP contribution in [0.15, 0.2) is 12.8 Å². The van der Waals surface area contributed by atoms with E-state index in [9.17, 15) is 9.18 Å². The fourth-order valence-electron chi connectivity index (χ4n) is 0.164. The van der Waals surface area contributed by atoms with E-state index in [0.29, 0.717) is 0 Å². The summed E-state index contributed by atoms with van der Waals surface area (Å²) in [5.41, 5.74) is 0. The Balaban J connectivity index is 0. The van der Waals surface area contributed by atoms with Gasteiger partial charge in [0.25, 0.3) is 0 Å². The highest BCUT2D eigenvalue weighted by Crippen LogP contribution is 1.72. The number of hydrogen-bond donors (Lipinski definition) is 1. The summed E-state index contributed by atoms with van der Waals surface area (Å²) in [6, 6.07) is 0. The third-order valence-electron chi connectivity index (χ3n) is 0.427. The van der Waals surface area contributed by atoms with Gasteiger partial charge in [0.05, 0.1) is 6.26 Å². The SMILES string of the molecule is C=COC(C)=O.O=C(O)OCF. The molecule has 0 bridgehead atoms. The van der Waals surface area contributed by atoms with Crippen molar-refractivity contribution in [3.05, 3.63) is 12.8 Å². The number of halogens is 1. The fourth-order valence-corrected chi connectivity index (χ4v) is 0.164. The first-order valence-electron chi connectivity index (χ1n) is 2.74. The first-order chi connectivity index (χ1) is 5.54. The molecule has 0 saturated heterocycles. The Morgan fingerprint density at radius 3 is 2.17 bits per heavy atom. The maximum atomic E-state index is 10.6. The van der Waals surface area contributed by atoms with Gasteiger partial charge in [0.2, 0.25) is 6.86 Å². The maximum absolute atomic E-state index is 10.6. The van der Waals surface area contributed by atoms with Crippen LogP contribution >= 0.6 is 0 Å². The number of esters is 1. The van der Waals surface area contributed by atoms with E-state index < -0.39 is 13.0 Å². The molecule has 0 unspecified atom stereocenters. The van der Waals surface area contributed by atoms with Crippen LogP contribution in [0.2, 0.25) is 0 Å². The third kappa shape index (κ3) is 23.7. The van der Waals surface area contributed by atoms with E-state index in [1.165, 1.54) is 6.92 Å². The van der Waals surface area contributed by atoms with Gasteiger partial charge in [-0.05, 0) is 0 Å². The Kier molecular flexibility index (Phi) is 10.2. The van der Waals surface area contributed by atoms with Crippen LogP contribution in [0.3, 0.4) is 0 Å². The van der Waals surface area contributed by atoms with Crippen LogP contribution in [-0.4, -0.2) is 24.1 Å². The second kappa shape index (κ2) is 9.41. The first kappa shape index (κ1) is 13.0. The van der Waals surface area contributed by atoms with E-state index in [1.807, 2.05) is 0 Å². The van der Waals surface area contributed by atoms with E-state index in [0.717, 1.165) is 6.26 Å². The predicted molar refractivity (Wildman–Crippen MR) is 37.0 cm³/mol. The molecule has 0 rings (SSSR count). The van der Waals surface area contributed by atoms with Crippen molar-refractivity contribution in [2.24, 2.45) is 0 Å². The molecule has 0 saturated carbocycles. The van der Waals surface area contributed by atoms with Gasteiger partial charge >= 0.3 is 12.1 Å². The molecule has 0 aromatic rings. The van der Waals surface area contributed by atoms with Gasteiger partial charge in [-0.2, -0.15) is 0 Å². The Bertz CT molecular complexity index is 156. The number of carboxylic acid groups (broad SMARTS) is 1. The molecular weight excluding hydrogens is 171 g/mol. The zero-order chi connectivity index (χ0) is 9.98. The van der Waals surface area contributed by atoms with Gasteiger partial charge in [-0.3, -0.25) is 4.79 Å². The summed E-state index contributed by atoms with van der Waals surface area (Å²) in [5.74, 6) is -0.329. The quantitative estimate of drug-likeness (QED) is 0.512. The number of alkyl halides is 1. The van der Waals surface area contributed by atoms with E-state index >= 15 is 0 Å². The van der Waals surface area contributed by atoms with Crippen molar-refractivity contribution in [1.82, 2.24) is 0 Å². The van der Waals surface area contributed by atoms with Crippen LogP contribution in [0.25, 0.3) is 0 Å². The largest absolute Gasteiger partial charge is 0.508 e. The number of carbonyl (C=O) groups excluding carboxylic acids is 1. The van der Waals surface area contributed by atoms with E-state index in [1.54, 1.807) is 0 Å². The molecule has 0 aliphatic carbocycles. The minimum atomic E-state index is -1.59. The van der Waals surface area contributed by atoms with Crippen LogP contribution in [0.5, 0.6) is 0 Å². The molecule has 12 heavy (non-hydrogen) atoms. The highest BCUT2D eigenvalue weighted by molar-refractivity contribution is 5.66. The number of hydrogen-bond acceptors (Lipinski definition) is 4. The van der Waals surface area contributed by atoms with E-state index in [2.05, 4.69) is 16.1 Å². The normalized spacial score (nSPS) is 7.17. The van der Waals surface area contributed by atoms with Crippen LogP contribution in [0.1, 0.15) is 6.92 Å². The van der Waals surface area contributed by atoms with Gasteiger partial charge in [0, 0.05) is 6.92 Å². The number of rotatable bonds is 2. The zero-order valence-corrected chi connectivity index (χ0v) is 6.45. The second-order valence-electron chi connectivity index (χ2n) is 1.30. The molecule has 0 aliphatic heterocycles. The minimum absolute atomic E-state index is 0.329. The number of carbonyl (C=O) groups is 2. The molecule has 0 aliphatic rings. The Labute approximate surface area is 68.4 Å². The molecule has 5 nitrogen and oxygen atoms in total. The summed E-state index contributed by atoms with van der Waals surface area (Å²) < 4.78 is 18.1. The topological polar surface area (TPSA) is 72.8 Å². The molecule has 0 heterocycles. The Hall–Kier alpha value is -1.59. The van der Waals surface area contributed by atoms with Gasteiger partial charge in [-0.15, -0.1) is 0 Å². The first-order valence-corrected chi connectivity index (χ1v) is 2.74. The van der Waals surface area contributed by atoms with Crippen molar-refractivity contribution in [3.8, 4) is 0 Å². The van der Waals surface area contributed by atoms with Gasteiger partial charge in [0.15, 0.2) is 0 Å². The number of ether oxygens (including phenoxy) is 2. The second-order valence-corrected chi connectivity index (χ2v) is 1.30. The van der Waals surface area contributed by atoms with E-state index in [-0.39, 0.29) is 5.97 Å². The Morgan fingerprint density at radius 2 is 2.17 bits per heavy atom. The smallest absolute Gasteiger partial charge is 0.450 e. The molecule has 0 spiro atoms. The third-order valence-corrected chi connectivity index (χ3v) is 0.427. The average Bonchev–Trinajstić information content (AvgIpc) is 1.87. The lowest BCUT2D eigenvalue weighted by Crippen LogP contribution is -1.96. The van der Waals surface area contributed by atoms with Gasteiger partial charge in [-0.1, -0.05) is 6.58 Å². The Morgan fingerprint density at radius 1 is 1.67 bits per heavy atom. The van der Waals surface area contributed by atoms with Crippen molar-refractivity contribution >= 4 is 12.1 Å². The molecule has 0 radical (unpaired) electrons. The van der Waals surface area contributed by atoms with Crippen LogP contribution in [-0.2, 0) is 14.3 Å². The minimum Gasteiger partial charge on any atom is -0.450 e. The molecule has 0 amide bonds. The maximum Gasteiger partial charge on any atom is 0.508 e. The molecule has 1 N–H and O–H groups in total. The molecule has 0 atom stereocenters. The predicted octanol–water partition coefficient (Wildman–Crippen LogP) is 1.30. The lowest BCUT2D eigenvalue weighted by molar-refractivity contribution is -0.135. The summed E-state index contributed by atoms with van der Waals surface area (Å²) in [6.07, 6.45) is -0.486. The van der Waals surface area contributed by atoms with Gasteiger partial charge in [0.1, 0.15) is 0 Å². The fraction of sp³-hybridized carbons (Fsp3) is 0.333. The summed E-state index contributed by atoms with van der Waals surface area (Å²) in [5, 5.41) is 7.45. The van der Waals surface area contributed by atoms with Gasteiger partial charge < -0.3 is 14.6 Å². The highest BCUT2D eigenvalue weighted by atomic mass is 19.1. The summed E-state index contributed by atoms with van der Waals surface area (Å²) in [6.45, 7) is 3.21. The van der Waals surface area contributed by atoms with Crippen molar-refractivity contribution in [1.29, 1.82) is 0 Å². The lowest BCUT2D eigenvalue weighted by atomic mass is 10.8. The van der Waals surface area contributed by atoms with Crippen LogP contribution in [0.4, 0.5) is 9.18 Å². The summed E-state index contributed by atoms with van der Waals surface area (Å²) >= 11 is 0.